The van der Waals surface area contributed by atoms with Gasteiger partial charge in [0.2, 0.25) is 0 Å². The fourth-order valence-electron chi connectivity index (χ4n) is 0.475. The van der Waals surface area contributed by atoms with Gasteiger partial charge in [-0.15, -0.1) is 0 Å². The molecule has 1 aliphatic carbocycles. The van der Waals surface area contributed by atoms with Gasteiger partial charge in [0.1, 0.15) is 0 Å². The SMILES string of the molecule is C1=CC1.O=C(O)CC(O)CC(=O)O. The lowest BCUT2D eigenvalue weighted by molar-refractivity contribution is -0.142. The van der Waals surface area contributed by atoms with Gasteiger partial charge in [-0.25, -0.2) is 0 Å². The Balaban J connectivity index is 0.000000396. The van der Waals surface area contributed by atoms with E-state index in [1.165, 1.54) is 6.42 Å². The quantitative estimate of drug-likeness (QED) is 0.549. The standard InChI is InChI=1S/C5H8O5.C3H4/c6-3(1-4(7)8)2-5(9)10;1-2-3-1/h3,6H,1-2H2,(H,7,8)(H,9,10);1-2H,3H2. The maximum atomic E-state index is 9.84. The smallest absolute Gasteiger partial charge is 0.305 e. The van der Waals surface area contributed by atoms with Crippen molar-refractivity contribution in [2.45, 2.75) is 25.4 Å². The number of rotatable bonds is 4. The van der Waals surface area contributed by atoms with Crippen LogP contribution in [0.5, 0.6) is 0 Å². The van der Waals surface area contributed by atoms with Crippen molar-refractivity contribution < 1.29 is 24.9 Å². The molecule has 0 aliphatic heterocycles. The highest BCUT2D eigenvalue weighted by Gasteiger charge is 2.12. The first-order chi connectivity index (χ1) is 6.02. The van der Waals surface area contributed by atoms with Crippen LogP contribution in [-0.4, -0.2) is 33.4 Å². The Morgan fingerprint density at radius 1 is 1.15 bits per heavy atom. The summed E-state index contributed by atoms with van der Waals surface area (Å²) in [4.78, 5) is 19.7. The van der Waals surface area contributed by atoms with Crippen LogP contribution in [0.25, 0.3) is 0 Å². The van der Waals surface area contributed by atoms with E-state index in [0.29, 0.717) is 0 Å². The second-order valence-corrected chi connectivity index (χ2v) is 2.56. The van der Waals surface area contributed by atoms with Gasteiger partial charge in [-0.1, -0.05) is 12.2 Å². The molecule has 0 radical (unpaired) electrons. The maximum Gasteiger partial charge on any atom is 0.305 e. The molecule has 0 unspecified atom stereocenters. The van der Waals surface area contributed by atoms with E-state index in [9.17, 15) is 9.59 Å². The van der Waals surface area contributed by atoms with E-state index in [1.807, 2.05) is 0 Å². The summed E-state index contributed by atoms with van der Waals surface area (Å²) in [5, 5.41) is 24.7. The van der Waals surface area contributed by atoms with Crippen LogP contribution in [0.15, 0.2) is 12.2 Å². The van der Waals surface area contributed by atoms with E-state index in [2.05, 4.69) is 12.2 Å². The summed E-state index contributed by atoms with van der Waals surface area (Å²) in [5.74, 6) is -2.40. The third-order valence-electron chi connectivity index (χ3n) is 1.06. The highest BCUT2D eigenvalue weighted by atomic mass is 16.4. The van der Waals surface area contributed by atoms with Gasteiger partial charge in [0, 0.05) is 0 Å². The molecule has 13 heavy (non-hydrogen) atoms. The third-order valence-corrected chi connectivity index (χ3v) is 1.06. The van der Waals surface area contributed by atoms with Crippen LogP contribution in [0.2, 0.25) is 0 Å². The van der Waals surface area contributed by atoms with Gasteiger partial charge in [-0.05, 0) is 6.42 Å². The van der Waals surface area contributed by atoms with Gasteiger partial charge in [-0.2, -0.15) is 0 Å². The van der Waals surface area contributed by atoms with Crippen LogP contribution in [0, 0.1) is 0 Å². The molecule has 0 spiro atoms. The zero-order chi connectivity index (χ0) is 10.3. The summed E-state index contributed by atoms with van der Waals surface area (Å²) >= 11 is 0. The lowest BCUT2D eigenvalue weighted by Gasteiger charge is -2.01. The Labute approximate surface area is 75.3 Å². The average molecular weight is 188 g/mol. The largest absolute Gasteiger partial charge is 0.481 e. The van der Waals surface area contributed by atoms with E-state index < -0.39 is 30.9 Å². The lowest BCUT2D eigenvalue weighted by Crippen LogP contribution is -2.16. The fourth-order valence-corrected chi connectivity index (χ4v) is 0.475. The van der Waals surface area contributed by atoms with E-state index in [-0.39, 0.29) is 0 Å². The molecule has 74 valence electrons. The Hall–Kier alpha value is -1.36. The molecule has 5 heteroatoms. The van der Waals surface area contributed by atoms with Gasteiger partial charge in [0.05, 0.1) is 18.9 Å². The number of aliphatic hydroxyl groups excluding tert-OH is 1. The molecular weight excluding hydrogens is 176 g/mol. The molecule has 0 amide bonds. The number of allylic oxidation sites excluding steroid dienone is 2. The summed E-state index contributed by atoms with van der Waals surface area (Å²) in [6, 6.07) is 0. The number of carboxylic acid groups (broad SMARTS) is 2. The zero-order valence-electron chi connectivity index (χ0n) is 7.01. The molecule has 1 rings (SSSR count). The number of carboxylic acids is 2. The van der Waals surface area contributed by atoms with Gasteiger partial charge < -0.3 is 15.3 Å². The predicted molar refractivity (Wildman–Crippen MR) is 44.3 cm³/mol. The summed E-state index contributed by atoms with van der Waals surface area (Å²) in [7, 11) is 0. The van der Waals surface area contributed by atoms with Gasteiger partial charge in [-0.3, -0.25) is 9.59 Å². The monoisotopic (exact) mass is 188 g/mol. The average Bonchev–Trinajstić information content (AvgIpc) is 2.64. The van der Waals surface area contributed by atoms with E-state index in [0.717, 1.165) is 0 Å². The van der Waals surface area contributed by atoms with Crippen molar-refractivity contribution in [3.8, 4) is 0 Å². The maximum absolute atomic E-state index is 9.84. The highest BCUT2D eigenvalue weighted by molar-refractivity contribution is 5.71. The van der Waals surface area contributed by atoms with Crippen LogP contribution in [0.4, 0.5) is 0 Å². The minimum Gasteiger partial charge on any atom is -0.481 e. The fraction of sp³-hybridized carbons (Fsp3) is 0.500. The molecule has 0 saturated heterocycles. The molecule has 3 N–H and O–H groups in total. The second kappa shape index (κ2) is 6.19. The molecule has 0 aromatic heterocycles. The van der Waals surface area contributed by atoms with Crippen molar-refractivity contribution in [2.24, 2.45) is 0 Å². The van der Waals surface area contributed by atoms with Gasteiger partial charge >= 0.3 is 11.9 Å². The van der Waals surface area contributed by atoms with Gasteiger partial charge in [0.25, 0.3) is 0 Å². The molecule has 0 atom stereocenters. The molecule has 0 aromatic rings. The van der Waals surface area contributed by atoms with Crippen molar-refractivity contribution >= 4 is 11.9 Å². The summed E-state index contributed by atoms with van der Waals surface area (Å²) in [6.07, 6.45) is 3.17. The number of hydrogen-bond acceptors (Lipinski definition) is 3. The lowest BCUT2D eigenvalue weighted by atomic mass is 10.2. The molecule has 0 heterocycles. The molecule has 0 bridgehead atoms. The van der Waals surface area contributed by atoms with Crippen molar-refractivity contribution in [3.05, 3.63) is 12.2 Å². The highest BCUT2D eigenvalue weighted by Crippen LogP contribution is 1.97. The van der Waals surface area contributed by atoms with Crippen LogP contribution in [0.1, 0.15) is 19.3 Å². The minimum absolute atomic E-state index is 0.522. The Morgan fingerprint density at radius 2 is 1.46 bits per heavy atom. The molecule has 0 saturated carbocycles. The second-order valence-electron chi connectivity index (χ2n) is 2.56. The Bertz CT molecular complexity index is 189. The number of aliphatic hydroxyl groups is 1. The van der Waals surface area contributed by atoms with E-state index in [4.69, 9.17) is 15.3 Å². The first-order valence-electron chi connectivity index (χ1n) is 3.79. The van der Waals surface area contributed by atoms with E-state index >= 15 is 0 Å². The van der Waals surface area contributed by atoms with Crippen LogP contribution < -0.4 is 0 Å². The van der Waals surface area contributed by atoms with Gasteiger partial charge in [0.15, 0.2) is 0 Å². The third kappa shape index (κ3) is 13.6. The molecular formula is C8H12O5. The van der Waals surface area contributed by atoms with Crippen LogP contribution in [-0.2, 0) is 9.59 Å². The first kappa shape index (κ1) is 11.6. The Kier molecular flexibility index (Phi) is 5.54. The predicted octanol–water partition coefficient (Wildman–Crippen LogP) is 0.243. The number of carbonyl (C=O) groups is 2. The summed E-state index contributed by atoms with van der Waals surface area (Å²) in [5.41, 5.74) is 0. The minimum atomic E-state index is -1.28. The number of aliphatic carboxylic acids is 2. The van der Waals surface area contributed by atoms with Crippen molar-refractivity contribution in [3.63, 3.8) is 0 Å². The summed E-state index contributed by atoms with van der Waals surface area (Å²) in [6.45, 7) is 0. The normalized spacial score (nSPS) is 11.8. The van der Waals surface area contributed by atoms with Crippen molar-refractivity contribution in [1.82, 2.24) is 0 Å². The summed E-state index contributed by atoms with van der Waals surface area (Å²) < 4.78 is 0. The number of hydrogen-bond donors (Lipinski definition) is 3. The topological polar surface area (TPSA) is 94.8 Å². The Morgan fingerprint density at radius 3 is 1.62 bits per heavy atom. The van der Waals surface area contributed by atoms with E-state index in [1.54, 1.807) is 0 Å². The molecule has 5 nitrogen and oxygen atoms in total. The molecule has 1 aliphatic rings. The van der Waals surface area contributed by atoms with Crippen LogP contribution >= 0.6 is 0 Å². The van der Waals surface area contributed by atoms with Crippen LogP contribution in [0.3, 0.4) is 0 Å². The molecule has 0 fully saturated rings. The zero-order valence-corrected chi connectivity index (χ0v) is 7.01. The van der Waals surface area contributed by atoms with Crippen molar-refractivity contribution in [1.29, 1.82) is 0 Å². The first-order valence-corrected chi connectivity index (χ1v) is 3.79. The van der Waals surface area contributed by atoms with Crippen molar-refractivity contribution in [2.75, 3.05) is 0 Å². The molecule has 0 aromatic carbocycles.